The molecule has 2 N–H and O–H groups in total. The summed E-state index contributed by atoms with van der Waals surface area (Å²) in [5.41, 5.74) is 0.780. The maximum Gasteiger partial charge on any atom is 0.222 e. The van der Waals surface area contributed by atoms with E-state index in [9.17, 15) is 4.79 Å². The summed E-state index contributed by atoms with van der Waals surface area (Å²) in [6.07, 6.45) is 0.542. The van der Waals surface area contributed by atoms with Gasteiger partial charge in [0.15, 0.2) is 5.88 Å². The van der Waals surface area contributed by atoms with Gasteiger partial charge >= 0.3 is 0 Å². The molecule has 1 rings (SSSR count). The Bertz CT molecular complexity index is 240. The van der Waals surface area contributed by atoms with Crippen molar-refractivity contribution in [2.24, 2.45) is 0 Å². The maximum atomic E-state index is 10.5. The Morgan fingerprint density at radius 3 is 2.85 bits per heavy atom. The summed E-state index contributed by atoms with van der Waals surface area (Å²) in [6.45, 7) is 9.57. The van der Waals surface area contributed by atoms with Gasteiger partial charge in [-0.25, -0.2) is 0 Å². The van der Waals surface area contributed by atoms with Crippen molar-refractivity contribution in [1.29, 1.82) is 0 Å². The molecule has 1 heterocycles. The van der Waals surface area contributed by atoms with Crippen LogP contribution in [-0.4, -0.2) is 18.6 Å². The molecule has 1 aliphatic rings. The van der Waals surface area contributed by atoms with Crippen LogP contribution in [0, 0.1) is 0 Å². The summed E-state index contributed by atoms with van der Waals surface area (Å²) in [7, 11) is 0. The molecule has 0 aliphatic carbocycles. The van der Waals surface area contributed by atoms with E-state index in [2.05, 4.69) is 23.8 Å². The van der Waals surface area contributed by atoms with Crippen LogP contribution in [0.1, 0.15) is 13.3 Å². The highest BCUT2D eigenvalue weighted by Gasteiger charge is 2.25. The van der Waals surface area contributed by atoms with Gasteiger partial charge in [-0.2, -0.15) is 0 Å². The number of hydrogen-bond donors (Lipinski definition) is 2. The molecule has 0 bridgehead atoms. The smallest absolute Gasteiger partial charge is 0.222 e. The Kier molecular flexibility index (Phi) is 2.95. The van der Waals surface area contributed by atoms with Crippen LogP contribution in [0.3, 0.4) is 0 Å². The van der Waals surface area contributed by atoms with E-state index in [1.165, 1.54) is 0 Å². The van der Waals surface area contributed by atoms with Crippen LogP contribution < -0.4 is 10.6 Å². The summed E-state index contributed by atoms with van der Waals surface area (Å²) in [5.74, 6) is 0.542. The van der Waals surface area contributed by atoms with E-state index >= 15 is 0 Å². The number of β-lactam (4-membered cyclic amide) rings is 1. The second-order valence-electron chi connectivity index (χ2n) is 3.11. The summed E-state index contributed by atoms with van der Waals surface area (Å²) >= 11 is 0. The van der Waals surface area contributed by atoms with Gasteiger partial charge in [-0.3, -0.25) is 4.79 Å². The molecule has 0 radical (unpaired) electrons. The van der Waals surface area contributed by atoms with Gasteiger partial charge in [0.1, 0.15) is 6.61 Å². The van der Waals surface area contributed by atoms with Gasteiger partial charge in [0.05, 0.1) is 12.5 Å². The molecule has 4 heteroatoms. The number of carbonyl (C=O) groups is 1. The van der Waals surface area contributed by atoms with Crippen molar-refractivity contribution in [2.75, 3.05) is 6.61 Å². The minimum atomic E-state index is 0.0760. The fourth-order valence-electron chi connectivity index (χ4n) is 1.01. The Balaban J connectivity index is 2.08. The fraction of sp³-hybridized carbons (Fsp3) is 0.444. The molecule has 0 aromatic heterocycles. The number of amides is 1. The standard InChI is InChI=1S/C9H14N2O2/c1-6(2)10-7(3)13-5-8-4-9(12)11-8/h8,10H,1,3-5H2,2H3,(H,11,12). The van der Waals surface area contributed by atoms with Gasteiger partial charge in [0, 0.05) is 5.70 Å². The molecule has 0 aromatic rings. The second-order valence-corrected chi connectivity index (χ2v) is 3.11. The van der Waals surface area contributed by atoms with E-state index in [0.29, 0.717) is 18.9 Å². The number of nitrogens with one attached hydrogen (secondary N) is 2. The largest absolute Gasteiger partial charge is 0.477 e. The highest BCUT2D eigenvalue weighted by molar-refractivity contribution is 5.82. The van der Waals surface area contributed by atoms with Crippen molar-refractivity contribution in [2.45, 2.75) is 19.4 Å². The predicted molar refractivity (Wildman–Crippen MR) is 49.6 cm³/mol. The lowest BCUT2D eigenvalue weighted by molar-refractivity contribution is -0.129. The Morgan fingerprint density at radius 2 is 2.38 bits per heavy atom. The molecule has 0 saturated carbocycles. The highest BCUT2D eigenvalue weighted by Crippen LogP contribution is 2.05. The molecule has 1 saturated heterocycles. The lowest BCUT2D eigenvalue weighted by Gasteiger charge is -2.27. The zero-order chi connectivity index (χ0) is 9.84. The predicted octanol–water partition coefficient (Wildman–Crippen LogP) is 0.486. The van der Waals surface area contributed by atoms with Gasteiger partial charge in [-0.15, -0.1) is 0 Å². The van der Waals surface area contributed by atoms with E-state index in [1.54, 1.807) is 0 Å². The summed E-state index contributed by atoms with van der Waals surface area (Å²) in [5, 5.41) is 5.53. The lowest BCUT2D eigenvalue weighted by atomic mass is 10.1. The topological polar surface area (TPSA) is 50.4 Å². The number of ether oxygens (including phenoxy) is 1. The third-order valence-electron chi connectivity index (χ3n) is 1.61. The van der Waals surface area contributed by atoms with Crippen molar-refractivity contribution >= 4 is 5.91 Å². The third kappa shape index (κ3) is 3.19. The molecule has 72 valence electrons. The minimum absolute atomic E-state index is 0.0760. The van der Waals surface area contributed by atoms with Crippen LogP contribution in [0.5, 0.6) is 0 Å². The van der Waals surface area contributed by atoms with Crippen molar-refractivity contribution in [3.05, 3.63) is 24.7 Å². The first-order valence-corrected chi connectivity index (χ1v) is 4.11. The molecule has 4 nitrogen and oxygen atoms in total. The van der Waals surface area contributed by atoms with Gasteiger partial charge in [-0.1, -0.05) is 6.58 Å². The Labute approximate surface area is 77.6 Å². The third-order valence-corrected chi connectivity index (χ3v) is 1.61. The SMILES string of the molecule is C=C(C)NC(=C)OCC1CC(=O)N1. The zero-order valence-corrected chi connectivity index (χ0v) is 7.72. The normalized spacial score (nSPS) is 19.8. The van der Waals surface area contributed by atoms with E-state index < -0.39 is 0 Å². The van der Waals surface area contributed by atoms with Crippen LogP contribution >= 0.6 is 0 Å². The van der Waals surface area contributed by atoms with E-state index in [-0.39, 0.29) is 11.9 Å². The maximum absolute atomic E-state index is 10.5. The van der Waals surface area contributed by atoms with Crippen LogP contribution in [-0.2, 0) is 9.53 Å². The molecular formula is C9H14N2O2. The number of carbonyl (C=O) groups excluding carboxylic acids is 1. The van der Waals surface area contributed by atoms with Crippen LogP contribution in [0.4, 0.5) is 0 Å². The molecule has 13 heavy (non-hydrogen) atoms. The van der Waals surface area contributed by atoms with E-state index in [1.807, 2.05) is 6.92 Å². The molecule has 1 aliphatic heterocycles. The lowest BCUT2D eigenvalue weighted by Crippen LogP contribution is -2.51. The Hall–Kier alpha value is -1.45. The highest BCUT2D eigenvalue weighted by atomic mass is 16.5. The first-order chi connectivity index (χ1) is 6.08. The molecule has 1 amide bonds. The van der Waals surface area contributed by atoms with E-state index in [0.717, 1.165) is 5.70 Å². The molecule has 0 aromatic carbocycles. The zero-order valence-electron chi connectivity index (χ0n) is 7.72. The molecule has 1 unspecified atom stereocenters. The van der Waals surface area contributed by atoms with Crippen LogP contribution in [0.15, 0.2) is 24.7 Å². The Morgan fingerprint density at radius 1 is 1.77 bits per heavy atom. The fourth-order valence-corrected chi connectivity index (χ4v) is 1.01. The van der Waals surface area contributed by atoms with Gasteiger partial charge in [-0.05, 0) is 13.5 Å². The number of hydrogen-bond acceptors (Lipinski definition) is 3. The van der Waals surface area contributed by atoms with E-state index in [4.69, 9.17) is 4.74 Å². The van der Waals surface area contributed by atoms with Crippen molar-refractivity contribution < 1.29 is 9.53 Å². The van der Waals surface area contributed by atoms with Gasteiger partial charge < -0.3 is 15.4 Å². The van der Waals surface area contributed by atoms with Crippen LogP contribution in [0.25, 0.3) is 0 Å². The summed E-state index contributed by atoms with van der Waals surface area (Å²) in [4.78, 5) is 10.5. The number of rotatable bonds is 5. The number of allylic oxidation sites excluding steroid dienone is 1. The van der Waals surface area contributed by atoms with Gasteiger partial charge in [0.25, 0.3) is 0 Å². The summed E-state index contributed by atoms with van der Waals surface area (Å²) < 4.78 is 5.22. The van der Waals surface area contributed by atoms with Crippen molar-refractivity contribution in [3.8, 4) is 0 Å². The monoisotopic (exact) mass is 182 g/mol. The summed E-state index contributed by atoms with van der Waals surface area (Å²) in [6, 6.07) is 0.135. The molecule has 1 fully saturated rings. The second kappa shape index (κ2) is 3.98. The molecule has 1 atom stereocenters. The first-order valence-electron chi connectivity index (χ1n) is 4.11. The average molecular weight is 182 g/mol. The van der Waals surface area contributed by atoms with Crippen molar-refractivity contribution in [1.82, 2.24) is 10.6 Å². The van der Waals surface area contributed by atoms with Crippen LogP contribution in [0.2, 0.25) is 0 Å². The quantitative estimate of drug-likeness (QED) is 0.480. The van der Waals surface area contributed by atoms with Gasteiger partial charge in [0.2, 0.25) is 5.91 Å². The first kappa shape index (κ1) is 9.64. The average Bonchev–Trinajstić information content (AvgIpc) is 1.94. The van der Waals surface area contributed by atoms with Crippen molar-refractivity contribution in [3.63, 3.8) is 0 Å². The minimum Gasteiger partial charge on any atom is -0.477 e. The molecule has 0 spiro atoms. The molecular weight excluding hydrogens is 168 g/mol.